The first-order valence-corrected chi connectivity index (χ1v) is 8.83. The van der Waals surface area contributed by atoms with E-state index in [0.29, 0.717) is 23.5 Å². The third kappa shape index (κ3) is 3.45. The zero-order valence-corrected chi connectivity index (χ0v) is 13.5. The molecule has 0 aliphatic carbocycles. The van der Waals surface area contributed by atoms with Crippen molar-refractivity contribution >= 4 is 11.8 Å². The van der Waals surface area contributed by atoms with Gasteiger partial charge in [0.05, 0.1) is 6.10 Å². The molecule has 0 amide bonds. The first-order chi connectivity index (χ1) is 11.4. The highest BCUT2D eigenvalue weighted by Gasteiger charge is 2.27. The van der Waals surface area contributed by atoms with Crippen LogP contribution in [0.15, 0.2) is 33.9 Å². The van der Waals surface area contributed by atoms with E-state index in [1.165, 1.54) is 18.2 Å². The van der Waals surface area contributed by atoms with Crippen LogP contribution in [0.4, 0.5) is 0 Å². The summed E-state index contributed by atoms with van der Waals surface area (Å²) < 4.78 is 23.0. The standard InChI is InChI=1S/C16H18N2O4S/c1-2-7-13-12(6-1)20-9-14(21-13)15-17-18-16(22-15)23-10-11-5-3-4-8-19-11/h1-2,6-7,11,14H,3-5,8-10H2/t11-,14+/m1/s1. The number of hydrogen-bond donors (Lipinski definition) is 0. The molecule has 1 aromatic carbocycles. The molecule has 1 fully saturated rings. The van der Waals surface area contributed by atoms with Crippen molar-refractivity contribution in [1.29, 1.82) is 0 Å². The number of ether oxygens (including phenoxy) is 3. The normalized spacial score (nSPS) is 23.7. The predicted molar refractivity (Wildman–Crippen MR) is 83.9 cm³/mol. The Morgan fingerprint density at radius 1 is 1.13 bits per heavy atom. The summed E-state index contributed by atoms with van der Waals surface area (Å²) in [5, 5.41) is 8.73. The molecule has 0 spiro atoms. The maximum atomic E-state index is 5.87. The molecule has 0 radical (unpaired) electrons. The molecule has 2 aliphatic rings. The van der Waals surface area contributed by atoms with Gasteiger partial charge in [0.25, 0.3) is 11.1 Å². The highest BCUT2D eigenvalue weighted by Crippen LogP contribution is 2.36. The number of thioether (sulfide) groups is 1. The van der Waals surface area contributed by atoms with Gasteiger partial charge in [-0.25, -0.2) is 0 Å². The molecule has 3 heterocycles. The average Bonchev–Trinajstić information content (AvgIpc) is 3.09. The summed E-state index contributed by atoms with van der Waals surface area (Å²) in [5.74, 6) is 2.73. The zero-order valence-electron chi connectivity index (χ0n) is 12.6. The molecule has 2 aliphatic heterocycles. The molecule has 2 atom stereocenters. The molecule has 0 N–H and O–H groups in total. The first kappa shape index (κ1) is 14.8. The van der Waals surface area contributed by atoms with E-state index in [-0.39, 0.29) is 12.2 Å². The Labute approximate surface area is 138 Å². The summed E-state index contributed by atoms with van der Waals surface area (Å²) >= 11 is 1.54. The number of hydrogen-bond acceptors (Lipinski definition) is 7. The van der Waals surface area contributed by atoms with Gasteiger partial charge in [-0.2, -0.15) is 0 Å². The van der Waals surface area contributed by atoms with Crippen molar-refractivity contribution in [2.75, 3.05) is 19.0 Å². The number of benzene rings is 1. The summed E-state index contributed by atoms with van der Waals surface area (Å²) in [4.78, 5) is 0. The van der Waals surface area contributed by atoms with Gasteiger partial charge in [0.1, 0.15) is 6.61 Å². The van der Waals surface area contributed by atoms with Crippen molar-refractivity contribution in [3.05, 3.63) is 30.2 Å². The lowest BCUT2D eigenvalue weighted by Gasteiger charge is -2.23. The number of rotatable bonds is 4. The minimum atomic E-state index is -0.363. The topological polar surface area (TPSA) is 66.6 Å². The Morgan fingerprint density at radius 2 is 2.04 bits per heavy atom. The van der Waals surface area contributed by atoms with Crippen LogP contribution >= 0.6 is 11.8 Å². The molecular formula is C16H18N2O4S. The predicted octanol–water partition coefficient (Wildman–Crippen LogP) is 3.24. The van der Waals surface area contributed by atoms with Crippen molar-refractivity contribution in [1.82, 2.24) is 10.2 Å². The van der Waals surface area contributed by atoms with Crippen LogP contribution in [0.1, 0.15) is 31.3 Å². The van der Waals surface area contributed by atoms with E-state index in [4.69, 9.17) is 18.6 Å². The van der Waals surface area contributed by atoms with Crippen molar-refractivity contribution in [2.24, 2.45) is 0 Å². The smallest absolute Gasteiger partial charge is 0.276 e. The van der Waals surface area contributed by atoms with Gasteiger partial charge < -0.3 is 18.6 Å². The van der Waals surface area contributed by atoms with Gasteiger partial charge >= 0.3 is 0 Å². The Kier molecular flexibility index (Phi) is 4.39. The molecule has 122 valence electrons. The lowest BCUT2D eigenvalue weighted by molar-refractivity contribution is 0.0314. The van der Waals surface area contributed by atoms with Crippen LogP contribution in [-0.2, 0) is 4.74 Å². The maximum Gasteiger partial charge on any atom is 0.276 e. The molecule has 0 saturated carbocycles. The van der Waals surface area contributed by atoms with Gasteiger partial charge in [0, 0.05) is 12.4 Å². The van der Waals surface area contributed by atoms with Crippen LogP contribution < -0.4 is 9.47 Å². The largest absolute Gasteiger partial charge is 0.485 e. The first-order valence-electron chi connectivity index (χ1n) is 7.85. The van der Waals surface area contributed by atoms with Crippen LogP contribution in [0, 0.1) is 0 Å². The monoisotopic (exact) mass is 334 g/mol. The number of fused-ring (bicyclic) bond motifs is 1. The van der Waals surface area contributed by atoms with E-state index in [1.54, 1.807) is 0 Å². The maximum absolute atomic E-state index is 5.87. The van der Waals surface area contributed by atoms with Crippen molar-refractivity contribution < 1.29 is 18.6 Å². The van der Waals surface area contributed by atoms with Crippen LogP contribution in [0.3, 0.4) is 0 Å². The van der Waals surface area contributed by atoms with Crippen molar-refractivity contribution in [3.8, 4) is 11.5 Å². The summed E-state index contributed by atoms with van der Waals surface area (Å²) in [6.45, 7) is 1.22. The summed E-state index contributed by atoms with van der Waals surface area (Å²) in [6.07, 6.45) is 3.41. The Morgan fingerprint density at radius 3 is 2.91 bits per heavy atom. The highest BCUT2D eigenvalue weighted by atomic mass is 32.2. The number of para-hydroxylation sites is 2. The summed E-state index contributed by atoms with van der Waals surface area (Å²) in [6, 6.07) is 7.57. The fourth-order valence-electron chi connectivity index (χ4n) is 2.65. The summed E-state index contributed by atoms with van der Waals surface area (Å²) in [7, 11) is 0. The number of aromatic nitrogens is 2. The quantitative estimate of drug-likeness (QED) is 0.795. The van der Waals surface area contributed by atoms with E-state index in [9.17, 15) is 0 Å². The fourth-order valence-corrected chi connectivity index (χ4v) is 3.49. The van der Waals surface area contributed by atoms with Gasteiger partial charge in [0.2, 0.25) is 6.10 Å². The molecule has 23 heavy (non-hydrogen) atoms. The second-order valence-electron chi connectivity index (χ2n) is 5.57. The Bertz CT molecular complexity index is 657. The van der Waals surface area contributed by atoms with Crippen LogP contribution in [0.2, 0.25) is 0 Å². The fraction of sp³-hybridized carbons (Fsp3) is 0.500. The molecular weight excluding hydrogens is 316 g/mol. The van der Waals surface area contributed by atoms with Gasteiger partial charge in [-0.3, -0.25) is 0 Å². The van der Waals surface area contributed by atoms with Crippen molar-refractivity contribution in [2.45, 2.75) is 36.7 Å². The highest BCUT2D eigenvalue weighted by molar-refractivity contribution is 7.99. The molecule has 0 bridgehead atoms. The third-order valence-corrected chi connectivity index (χ3v) is 4.82. The molecule has 4 rings (SSSR count). The Hall–Kier alpha value is -1.73. The Balaban J connectivity index is 1.36. The number of nitrogens with zero attached hydrogens (tertiary/aromatic N) is 2. The molecule has 7 heteroatoms. The van der Waals surface area contributed by atoms with Gasteiger partial charge in [-0.05, 0) is 31.4 Å². The molecule has 2 aromatic rings. The van der Waals surface area contributed by atoms with E-state index in [0.717, 1.165) is 31.0 Å². The molecule has 1 saturated heterocycles. The molecule has 1 aromatic heterocycles. The minimum Gasteiger partial charge on any atom is -0.485 e. The van der Waals surface area contributed by atoms with Crippen molar-refractivity contribution in [3.63, 3.8) is 0 Å². The lowest BCUT2D eigenvalue weighted by Crippen LogP contribution is -2.21. The summed E-state index contributed by atoms with van der Waals surface area (Å²) in [5.41, 5.74) is 0. The second-order valence-corrected chi connectivity index (χ2v) is 6.54. The van der Waals surface area contributed by atoms with E-state index in [1.807, 2.05) is 24.3 Å². The van der Waals surface area contributed by atoms with Crippen LogP contribution in [0.25, 0.3) is 0 Å². The van der Waals surface area contributed by atoms with E-state index < -0.39 is 0 Å². The van der Waals surface area contributed by atoms with Crippen LogP contribution in [-0.4, -0.2) is 35.3 Å². The lowest BCUT2D eigenvalue weighted by atomic mass is 10.1. The SMILES string of the molecule is c1ccc2c(c1)OC[C@@H](c1nnc(SC[C@H]3CCCCO3)o1)O2. The third-order valence-electron chi connectivity index (χ3n) is 3.87. The zero-order chi connectivity index (χ0) is 15.5. The van der Waals surface area contributed by atoms with Gasteiger partial charge in [-0.1, -0.05) is 23.9 Å². The average molecular weight is 334 g/mol. The molecule has 0 unspecified atom stereocenters. The molecule has 6 nitrogen and oxygen atoms in total. The van der Waals surface area contributed by atoms with E-state index in [2.05, 4.69) is 10.2 Å². The van der Waals surface area contributed by atoms with Gasteiger partial charge in [-0.15, -0.1) is 10.2 Å². The van der Waals surface area contributed by atoms with Crippen LogP contribution in [0.5, 0.6) is 11.5 Å². The minimum absolute atomic E-state index is 0.283. The van der Waals surface area contributed by atoms with E-state index >= 15 is 0 Å². The second kappa shape index (κ2) is 6.80. The van der Waals surface area contributed by atoms with Gasteiger partial charge in [0.15, 0.2) is 11.5 Å².